The molecule has 0 unspecified atom stereocenters. The minimum atomic E-state index is 0.697. The summed E-state index contributed by atoms with van der Waals surface area (Å²) in [5.41, 5.74) is 5.37. The first-order chi connectivity index (χ1) is 9.19. The topological polar surface area (TPSA) is 21.1 Å². The summed E-state index contributed by atoms with van der Waals surface area (Å²) in [5, 5.41) is 4.27. The van der Waals surface area contributed by atoms with Crippen LogP contribution in [0, 0.1) is 0 Å². The number of fused-ring (bicyclic) bond motifs is 1. The van der Waals surface area contributed by atoms with Gasteiger partial charge in [0, 0.05) is 38.1 Å². The highest BCUT2D eigenvalue weighted by molar-refractivity contribution is 5.69. The zero-order valence-electron chi connectivity index (χ0n) is 11.9. The number of hydrogen-bond acceptors (Lipinski definition) is 2. The quantitative estimate of drug-likeness (QED) is 0.820. The molecule has 0 saturated heterocycles. The Morgan fingerprint density at radius 1 is 1.26 bits per heavy atom. The van der Waals surface area contributed by atoms with Gasteiger partial charge in [-0.1, -0.05) is 13.0 Å². The molecule has 1 aliphatic rings. The lowest BCUT2D eigenvalue weighted by Gasteiger charge is -2.33. The molecule has 3 rings (SSSR count). The first kappa shape index (κ1) is 12.3. The predicted octanol–water partition coefficient (Wildman–Crippen LogP) is 3.42. The minimum absolute atomic E-state index is 0.697. The monoisotopic (exact) mass is 255 g/mol. The Labute approximate surface area is 114 Å². The Kier molecular flexibility index (Phi) is 3.05. The van der Waals surface area contributed by atoms with Gasteiger partial charge in [0.2, 0.25) is 0 Å². The van der Waals surface area contributed by atoms with Crippen LogP contribution in [0.25, 0.3) is 11.1 Å². The van der Waals surface area contributed by atoms with Crippen LogP contribution >= 0.6 is 0 Å². The molecule has 0 radical (unpaired) electrons. The molecule has 0 saturated carbocycles. The highest BCUT2D eigenvalue weighted by Crippen LogP contribution is 2.38. The van der Waals surface area contributed by atoms with Crippen molar-refractivity contribution in [3.05, 3.63) is 36.2 Å². The van der Waals surface area contributed by atoms with E-state index in [9.17, 15) is 0 Å². The molecule has 19 heavy (non-hydrogen) atoms. The maximum absolute atomic E-state index is 4.27. The van der Waals surface area contributed by atoms with Crippen molar-refractivity contribution in [2.75, 3.05) is 18.5 Å². The molecule has 1 aromatic carbocycles. The van der Waals surface area contributed by atoms with Crippen LogP contribution in [0.2, 0.25) is 0 Å². The number of anilines is 1. The van der Waals surface area contributed by atoms with Crippen LogP contribution in [0.15, 0.2) is 30.6 Å². The van der Waals surface area contributed by atoms with Crippen molar-refractivity contribution < 1.29 is 0 Å². The van der Waals surface area contributed by atoms with Crippen LogP contribution in [0.3, 0.4) is 0 Å². The van der Waals surface area contributed by atoms with Crippen LogP contribution in [0.5, 0.6) is 0 Å². The van der Waals surface area contributed by atoms with E-state index in [-0.39, 0.29) is 0 Å². The lowest BCUT2D eigenvalue weighted by molar-refractivity contribution is 0.578. The van der Waals surface area contributed by atoms with Crippen LogP contribution in [0.4, 0.5) is 5.69 Å². The first-order valence-corrected chi connectivity index (χ1v) is 7.03. The molecular formula is C16H21N3. The third-order valence-corrected chi connectivity index (χ3v) is 4.22. The van der Waals surface area contributed by atoms with E-state index in [1.54, 1.807) is 0 Å². The van der Waals surface area contributed by atoms with Gasteiger partial charge in [-0.2, -0.15) is 5.10 Å². The van der Waals surface area contributed by atoms with Gasteiger partial charge >= 0.3 is 0 Å². The molecule has 1 aromatic heterocycles. The van der Waals surface area contributed by atoms with Crippen molar-refractivity contribution in [2.24, 2.45) is 7.05 Å². The van der Waals surface area contributed by atoms with Crippen molar-refractivity contribution >= 4 is 5.69 Å². The van der Waals surface area contributed by atoms with E-state index in [1.165, 1.54) is 35.2 Å². The second-order valence-electron chi connectivity index (χ2n) is 5.49. The molecule has 1 aliphatic heterocycles. The predicted molar refractivity (Wildman–Crippen MR) is 79.6 cm³/mol. The standard InChI is InChI=1S/C16H21N3/c1-4-12-7-8-18(2)16-6-5-13(9-15(12)16)14-10-17-19(3)11-14/h5-6,9-12H,4,7-8H2,1-3H3/t12-/m0/s1. The summed E-state index contributed by atoms with van der Waals surface area (Å²) in [7, 11) is 4.15. The molecule has 0 spiro atoms. The van der Waals surface area contributed by atoms with E-state index in [0.29, 0.717) is 5.92 Å². The van der Waals surface area contributed by atoms with Crippen molar-refractivity contribution in [1.82, 2.24) is 9.78 Å². The van der Waals surface area contributed by atoms with Crippen LogP contribution in [0.1, 0.15) is 31.2 Å². The largest absolute Gasteiger partial charge is 0.374 e. The van der Waals surface area contributed by atoms with Crippen molar-refractivity contribution in [3.8, 4) is 11.1 Å². The van der Waals surface area contributed by atoms with Gasteiger partial charge < -0.3 is 4.90 Å². The van der Waals surface area contributed by atoms with Gasteiger partial charge in [0.15, 0.2) is 0 Å². The molecule has 0 fully saturated rings. The van der Waals surface area contributed by atoms with E-state index < -0.39 is 0 Å². The fourth-order valence-electron chi connectivity index (χ4n) is 3.03. The van der Waals surface area contributed by atoms with E-state index in [4.69, 9.17) is 0 Å². The Hall–Kier alpha value is -1.77. The molecule has 100 valence electrons. The fourth-order valence-corrected chi connectivity index (χ4v) is 3.03. The Balaban J connectivity index is 2.06. The number of hydrogen-bond donors (Lipinski definition) is 0. The van der Waals surface area contributed by atoms with Crippen LogP contribution in [-0.4, -0.2) is 23.4 Å². The lowest BCUT2D eigenvalue weighted by atomic mass is 9.86. The van der Waals surface area contributed by atoms with E-state index in [1.807, 2.05) is 17.9 Å². The summed E-state index contributed by atoms with van der Waals surface area (Å²) in [4.78, 5) is 2.37. The summed E-state index contributed by atoms with van der Waals surface area (Å²) >= 11 is 0. The maximum Gasteiger partial charge on any atom is 0.0568 e. The molecule has 3 heteroatoms. The SMILES string of the molecule is CC[C@H]1CCN(C)c2ccc(-c3cnn(C)c3)cc21. The number of aryl methyl sites for hydroxylation is 1. The number of nitrogens with zero attached hydrogens (tertiary/aromatic N) is 3. The molecule has 2 aromatic rings. The number of rotatable bonds is 2. The van der Waals surface area contributed by atoms with Crippen LogP contribution in [-0.2, 0) is 7.05 Å². The summed E-state index contributed by atoms with van der Waals surface area (Å²) in [6.45, 7) is 3.45. The van der Waals surface area contributed by atoms with E-state index >= 15 is 0 Å². The Morgan fingerprint density at radius 3 is 2.79 bits per heavy atom. The molecule has 0 N–H and O–H groups in total. The Bertz CT molecular complexity index is 585. The Morgan fingerprint density at radius 2 is 2.11 bits per heavy atom. The second kappa shape index (κ2) is 4.72. The molecule has 1 atom stereocenters. The molecule has 3 nitrogen and oxygen atoms in total. The summed E-state index contributed by atoms with van der Waals surface area (Å²) < 4.78 is 1.86. The molecule has 0 bridgehead atoms. The maximum atomic E-state index is 4.27. The normalized spacial score (nSPS) is 18.5. The zero-order chi connectivity index (χ0) is 13.4. The number of benzene rings is 1. The molecule has 0 amide bonds. The zero-order valence-corrected chi connectivity index (χ0v) is 11.9. The van der Waals surface area contributed by atoms with Gasteiger partial charge in [-0.25, -0.2) is 0 Å². The highest BCUT2D eigenvalue weighted by Gasteiger charge is 2.22. The van der Waals surface area contributed by atoms with E-state index in [2.05, 4.69) is 48.4 Å². The molecule has 2 heterocycles. The summed E-state index contributed by atoms with van der Waals surface area (Å²) in [5.74, 6) is 0.697. The fraction of sp³-hybridized carbons (Fsp3) is 0.438. The molecule has 0 aliphatic carbocycles. The third-order valence-electron chi connectivity index (χ3n) is 4.22. The highest BCUT2D eigenvalue weighted by atomic mass is 15.2. The van der Waals surface area contributed by atoms with Crippen LogP contribution < -0.4 is 4.90 Å². The number of aromatic nitrogens is 2. The van der Waals surface area contributed by atoms with Gasteiger partial charge in [0.25, 0.3) is 0 Å². The van der Waals surface area contributed by atoms with Gasteiger partial charge in [-0.15, -0.1) is 0 Å². The van der Waals surface area contributed by atoms with Crippen molar-refractivity contribution in [1.29, 1.82) is 0 Å². The van der Waals surface area contributed by atoms with Gasteiger partial charge in [0.05, 0.1) is 6.20 Å². The third kappa shape index (κ3) is 2.14. The molecular weight excluding hydrogens is 234 g/mol. The average molecular weight is 255 g/mol. The average Bonchev–Trinajstić information content (AvgIpc) is 2.86. The van der Waals surface area contributed by atoms with Gasteiger partial charge in [-0.3, -0.25) is 4.68 Å². The summed E-state index contributed by atoms with van der Waals surface area (Å²) in [6.07, 6.45) is 6.50. The lowest BCUT2D eigenvalue weighted by Crippen LogP contribution is -2.27. The first-order valence-electron chi connectivity index (χ1n) is 7.03. The van der Waals surface area contributed by atoms with Gasteiger partial charge in [0.1, 0.15) is 0 Å². The van der Waals surface area contributed by atoms with Crippen molar-refractivity contribution in [3.63, 3.8) is 0 Å². The second-order valence-corrected chi connectivity index (χ2v) is 5.49. The van der Waals surface area contributed by atoms with Crippen molar-refractivity contribution in [2.45, 2.75) is 25.7 Å². The summed E-state index contributed by atoms with van der Waals surface area (Å²) in [6, 6.07) is 6.83. The van der Waals surface area contributed by atoms with E-state index in [0.717, 1.165) is 6.54 Å². The minimum Gasteiger partial charge on any atom is -0.374 e. The van der Waals surface area contributed by atoms with Gasteiger partial charge in [-0.05, 0) is 42.0 Å². The smallest absolute Gasteiger partial charge is 0.0568 e.